The van der Waals surface area contributed by atoms with E-state index < -0.39 is 0 Å². The highest BCUT2D eigenvalue weighted by atomic mass is 16.1. The summed E-state index contributed by atoms with van der Waals surface area (Å²) in [4.78, 5) is 11.7. The molecule has 3 heteroatoms. The Morgan fingerprint density at radius 1 is 1.47 bits per heavy atom. The van der Waals surface area contributed by atoms with Crippen LogP contribution in [0.15, 0.2) is 30.3 Å². The molecule has 3 unspecified atom stereocenters. The highest BCUT2D eigenvalue weighted by Gasteiger charge is 2.39. The van der Waals surface area contributed by atoms with Crippen LogP contribution in [0.4, 0.5) is 0 Å². The van der Waals surface area contributed by atoms with E-state index in [4.69, 9.17) is 5.73 Å². The first kappa shape index (κ1) is 12.1. The van der Waals surface area contributed by atoms with E-state index in [0.717, 1.165) is 6.42 Å². The van der Waals surface area contributed by atoms with Crippen molar-refractivity contribution in [3.63, 3.8) is 0 Å². The lowest BCUT2D eigenvalue weighted by Gasteiger charge is -2.08. The number of hydrogen-bond donors (Lipinski definition) is 2. The molecule has 0 heterocycles. The Kier molecular flexibility index (Phi) is 3.79. The predicted octanol–water partition coefficient (Wildman–Crippen LogP) is 1.64. The largest absolute Gasteiger partial charge is 0.353 e. The van der Waals surface area contributed by atoms with Crippen molar-refractivity contribution < 1.29 is 4.79 Å². The number of nitrogens with one attached hydrogen (secondary N) is 1. The van der Waals surface area contributed by atoms with Gasteiger partial charge in [-0.3, -0.25) is 4.79 Å². The average molecular weight is 232 g/mol. The van der Waals surface area contributed by atoms with Crippen molar-refractivity contribution in [1.82, 2.24) is 5.32 Å². The van der Waals surface area contributed by atoms with Gasteiger partial charge in [-0.05, 0) is 24.4 Å². The second-order valence-corrected chi connectivity index (χ2v) is 4.97. The molecule has 1 saturated carbocycles. The van der Waals surface area contributed by atoms with Crippen molar-refractivity contribution >= 4 is 5.91 Å². The SMILES string of the molecule is CC(CN)CC(=O)NC1CC1c1ccccc1. The molecular formula is C14H20N2O. The third kappa shape index (κ3) is 3.30. The van der Waals surface area contributed by atoms with Crippen LogP contribution in [0.2, 0.25) is 0 Å². The van der Waals surface area contributed by atoms with Gasteiger partial charge in [-0.25, -0.2) is 0 Å². The van der Waals surface area contributed by atoms with Crippen LogP contribution in [0.3, 0.4) is 0 Å². The second kappa shape index (κ2) is 5.32. The summed E-state index contributed by atoms with van der Waals surface area (Å²) < 4.78 is 0. The van der Waals surface area contributed by atoms with E-state index in [1.807, 2.05) is 25.1 Å². The molecule has 17 heavy (non-hydrogen) atoms. The van der Waals surface area contributed by atoms with Crippen LogP contribution in [0.25, 0.3) is 0 Å². The summed E-state index contributed by atoms with van der Waals surface area (Å²) in [7, 11) is 0. The van der Waals surface area contributed by atoms with Gasteiger partial charge in [0.1, 0.15) is 0 Å². The van der Waals surface area contributed by atoms with Crippen LogP contribution < -0.4 is 11.1 Å². The predicted molar refractivity (Wildman–Crippen MR) is 68.6 cm³/mol. The minimum atomic E-state index is 0.131. The Morgan fingerprint density at radius 2 is 2.18 bits per heavy atom. The average Bonchev–Trinajstić information content (AvgIpc) is 3.09. The van der Waals surface area contributed by atoms with Gasteiger partial charge < -0.3 is 11.1 Å². The van der Waals surface area contributed by atoms with Gasteiger partial charge in [0.2, 0.25) is 5.91 Å². The second-order valence-electron chi connectivity index (χ2n) is 4.97. The van der Waals surface area contributed by atoms with Crippen LogP contribution in [0.5, 0.6) is 0 Å². The summed E-state index contributed by atoms with van der Waals surface area (Å²) in [5.74, 6) is 0.906. The first-order valence-corrected chi connectivity index (χ1v) is 6.25. The van der Waals surface area contributed by atoms with Gasteiger partial charge in [0.15, 0.2) is 0 Å². The molecular weight excluding hydrogens is 212 g/mol. The first-order chi connectivity index (χ1) is 8.20. The molecule has 0 spiro atoms. The smallest absolute Gasteiger partial charge is 0.220 e. The van der Waals surface area contributed by atoms with E-state index in [0.29, 0.717) is 24.9 Å². The molecule has 1 fully saturated rings. The quantitative estimate of drug-likeness (QED) is 0.811. The lowest BCUT2D eigenvalue weighted by atomic mass is 10.1. The summed E-state index contributed by atoms with van der Waals surface area (Å²) in [6, 6.07) is 10.7. The van der Waals surface area contributed by atoms with Crippen molar-refractivity contribution in [2.75, 3.05) is 6.54 Å². The number of nitrogens with two attached hydrogens (primary N) is 1. The highest BCUT2D eigenvalue weighted by Crippen LogP contribution is 2.40. The molecule has 3 nitrogen and oxygen atoms in total. The first-order valence-electron chi connectivity index (χ1n) is 6.25. The van der Waals surface area contributed by atoms with Crippen molar-refractivity contribution in [1.29, 1.82) is 0 Å². The van der Waals surface area contributed by atoms with Crippen LogP contribution >= 0.6 is 0 Å². The number of carbonyl (C=O) groups is 1. The van der Waals surface area contributed by atoms with Crippen molar-refractivity contribution in [2.45, 2.75) is 31.7 Å². The molecule has 2 rings (SSSR count). The summed E-state index contributed by atoms with van der Waals surface area (Å²) >= 11 is 0. The molecule has 1 aromatic carbocycles. The Balaban J connectivity index is 1.78. The molecule has 3 N–H and O–H groups in total. The molecule has 0 radical (unpaired) electrons. The zero-order chi connectivity index (χ0) is 12.3. The fourth-order valence-corrected chi connectivity index (χ4v) is 2.09. The third-order valence-electron chi connectivity index (χ3n) is 3.30. The lowest BCUT2D eigenvalue weighted by molar-refractivity contribution is -0.122. The Bertz CT molecular complexity index is 377. The Labute approximate surface area is 102 Å². The van der Waals surface area contributed by atoms with E-state index in [9.17, 15) is 4.79 Å². The summed E-state index contributed by atoms with van der Waals surface area (Å²) in [6.07, 6.45) is 1.60. The van der Waals surface area contributed by atoms with Gasteiger partial charge in [0.25, 0.3) is 0 Å². The van der Waals surface area contributed by atoms with E-state index in [1.165, 1.54) is 5.56 Å². The molecule has 1 aliphatic carbocycles. The Morgan fingerprint density at radius 3 is 2.82 bits per heavy atom. The van der Waals surface area contributed by atoms with E-state index in [1.54, 1.807) is 0 Å². The van der Waals surface area contributed by atoms with Crippen LogP contribution in [-0.2, 0) is 4.79 Å². The van der Waals surface area contributed by atoms with E-state index in [2.05, 4.69) is 17.4 Å². The van der Waals surface area contributed by atoms with Gasteiger partial charge in [-0.15, -0.1) is 0 Å². The number of rotatable bonds is 5. The maximum Gasteiger partial charge on any atom is 0.220 e. The third-order valence-corrected chi connectivity index (χ3v) is 3.30. The van der Waals surface area contributed by atoms with Crippen LogP contribution in [-0.4, -0.2) is 18.5 Å². The van der Waals surface area contributed by atoms with Crippen molar-refractivity contribution in [3.05, 3.63) is 35.9 Å². The normalized spacial score (nSPS) is 24.1. The number of carbonyl (C=O) groups excluding carboxylic acids is 1. The molecule has 1 aliphatic rings. The molecule has 0 saturated heterocycles. The molecule has 1 amide bonds. The monoisotopic (exact) mass is 232 g/mol. The zero-order valence-corrected chi connectivity index (χ0v) is 10.2. The van der Waals surface area contributed by atoms with E-state index >= 15 is 0 Å². The highest BCUT2D eigenvalue weighted by molar-refractivity contribution is 5.77. The molecule has 92 valence electrons. The van der Waals surface area contributed by atoms with Crippen molar-refractivity contribution in [3.8, 4) is 0 Å². The minimum Gasteiger partial charge on any atom is -0.353 e. The molecule has 0 aromatic heterocycles. The van der Waals surface area contributed by atoms with Gasteiger partial charge in [0.05, 0.1) is 0 Å². The van der Waals surface area contributed by atoms with Crippen LogP contribution in [0.1, 0.15) is 31.2 Å². The van der Waals surface area contributed by atoms with Gasteiger partial charge >= 0.3 is 0 Å². The minimum absolute atomic E-state index is 0.131. The summed E-state index contributed by atoms with van der Waals surface area (Å²) in [6.45, 7) is 2.57. The molecule has 1 aromatic rings. The Hall–Kier alpha value is -1.35. The van der Waals surface area contributed by atoms with Crippen LogP contribution in [0, 0.1) is 5.92 Å². The molecule has 0 bridgehead atoms. The number of benzene rings is 1. The molecule has 3 atom stereocenters. The van der Waals surface area contributed by atoms with Gasteiger partial charge in [-0.1, -0.05) is 37.3 Å². The standard InChI is InChI=1S/C14H20N2O/c1-10(9-15)7-14(17)16-13-8-12(13)11-5-3-2-4-6-11/h2-6,10,12-13H,7-9,15H2,1H3,(H,16,17). The maximum absolute atomic E-state index is 11.7. The van der Waals surface area contributed by atoms with Gasteiger partial charge in [0, 0.05) is 18.4 Å². The summed E-state index contributed by atoms with van der Waals surface area (Å²) in [5.41, 5.74) is 6.83. The van der Waals surface area contributed by atoms with Crippen molar-refractivity contribution in [2.24, 2.45) is 11.7 Å². The number of hydrogen-bond acceptors (Lipinski definition) is 2. The number of amides is 1. The summed E-state index contributed by atoms with van der Waals surface area (Å²) in [5, 5.41) is 3.07. The van der Waals surface area contributed by atoms with E-state index in [-0.39, 0.29) is 11.8 Å². The lowest BCUT2D eigenvalue weighted by Crippen LogP contribution is -2.29. The maximum atomic E-state index is 11.7. The van der Waals surface area contributed by atoms with Gasteiger partial charge in [-0.2, -0.15) is 0 Å². The fourth-order valence-electron chi connectivity index (χ4n) is 2.09. The molecule has 0 aliphatic heterocycles. The fraction of sp³-hybridized carbons (Fsp3) is 0.500. The zero-order valence-electron chi connectivity index (χ0n) is 10.2. The topological polar surface area (TPSA) is 55.1 Å².